The number of nitrogens with one attached hydrogen (secondary N) is 1. The van der Waals surface area contributed by atoms with Crippen molar-refractivity contribution < 1.29 is 18.8 Å². The predicted molar refractivity (Wildman–Crippen MR) is 125 cm³/mol. The van der Waals surface area contributed by atoms with Crippen LogP contribution in [0.15, 0.2) is 78.9 Å². The van der Waals surface area contributed by atoms with Crippen molar-refractivity contribution in [3.8, 4) is 0 Å². The molecule has 33 heavy (non-hydrogen) atoms. The normalized spacial score (nSPS) is 15.8. The summed E-state index contributed by atoms with van der Waals surface area (Å²) < 4.78 is 13.4. The summed E-state index contributed by atoms with van der Waals surface area (Å²) in [6.07, 6.45) is 0.280. The number of nitrogens with zero attached hydrogens (tertiary/aromatic N) is 2. The molecule has 1 aliphatic heterocycles. The monoisotopic (exact) mass is 465 g/mol. The molecule has 0 aromatic heterocycles. The number of hydrogen-bond acceptors (Lipinski definition) is 3. The summed E-state index contributed by atoms with van der Waals surface area (Å²) in [5, 5.41) is 3.36. The van der Waals surface area contributed by atoms with Gasteiger partial charge in [0.05, 0.1) is 12.1 Å². The van der Waals surface area contributed by atoms with Gasteiger partial charge in [-0.1, -0.05) is 41.9 Å². The molecule has 0 unspecified atom stereocenters. The van der Waals surface area contributed by atoms with Gasteiger partial charge in [-0.15, -0.1) is 0 Å². The Morgan fingerprint density at radius 3 is 2.27 bits per heavy atom. The number of carbonyl (C=O) groups is 3. The van der Waals surface area contributed by atoms with Gasteiger partial charge in [0.2, 0.25) is 5.91 Å². The number of halogens is 2. The van der Waals surface area contributed by atoms with Crippen LogP contribution in [-0.4, -0.2) is 35.3 Å². The van der Waals surface area contributed by atoms with Crippen LogP contribution in [-0.2, 0) is 16.0 Å². The quantitative estimate of drug-likeness (QED) is 0.505. The third-order valence-electron chi connectivity index (χ3n) is 5.39. The number of amides is 4. The maximum absolute atomic E-state index is 13.4. The van der Waals surface area contributed by atoms with Crippen LogP contribution in [0.1, 0.15) is 12.0 Å². The molecule has 0 spiro atoms. The zero-order valence-corrected chi connectivity index (χ0v) is 18.3. The second-order valence-electron chi connectivity index (χ2n) is 7.64. The molecule has 8 heteroatoms. The third kappa shape index (κ3) is 5.21. The first-order valence-corrected chi connectivity index (χ1v) is 10.8. The Kier molecular flexibility index (Phi) is 6.70. The van der Waals surface area contributed by atoms with Gasteiger partial charge in [0.25, 0.3) is 5.91 Å². The number of urea groups is 1. The number of carbonyl (C=O) groups excluding carboxylic acids is 3. The van der Waals surface area contributed by atoms with Gasteiger partial charge >= 0.3 is 6.03 Å². The van der Waals surface area contributed by atoms with Crippen LogP contribution in [0.3, 0.4) is 0 Å². The minimum atomic E-state index is -0.974. The largest absolute Gasteiger partial charge is 0.332 e. The van der Waals surface area contributed by atoms with Gasteiger partial charge in [0.1, 0.15) is 11.9 Å². The van der Waals surface area contributed by atoms with Crippen LogP contribution >= 0.6 is 11.6 Å². The topological polar surface area (TPSA) is 69.7 Å². The van der Waals surface area contributed by atoms with Gasteiger partial charge < -0.3 is 10.2 Å². The van der Waals surface area contributed by atoms with Gasteiger partial charge in [-0.3, -0.25) is 9.59 Å². The fraction of sp³-hybridized carbons (Fsp3) is 0.160. The highest BCUT2D eigenvalue weighted by atomic mass is 35.5. The average molecular weight is 466 g/mol. The van der Waals surface area contributed by atoms with E-state index in [1.54, 1.807) is 36.4 Å². The first-order valence-electron chi connectivity index (χ1n) is 10.4. The Hall–Kier alpha value is -3.71. The van der Waals surface area contributed by atoms with Crippen molar-refractivity contribution in [2.75, 3.05) is 16.8 Å². The lowest BCUT2D eigenvalue weighted by Crippen LogP contribution is -2.39. The number of imide groups is 1. The maximum Gasteiger partial charge on any atom is 0.332 e. The van der Waals surface area contributed by atoms with E-state index in [4.69, 9.17) is 11.6 Å². The van der Waals surface area contributed by atoms with Crippen LogP contribution in [0, 0.1) is 5.82 Å². The highest BCUT2D eigenvalue weighted by Gasteiger charge is 2.46. The Bertz CT molecular complexity index is 1150. The molecule has 1 heterocycles. The summed E-state index contributed by atoms with van der Waals surface area (Å²) in [4.78, 5) is 41.5. The maximum atomic E-state index is 13.4. The molecule has 1 fully saturated rings. The zero-order chi connectivity index (χ0) is 23.4. The van der Waals surface area contributed by atoms with E-state index in [9.17, 15) is 18.8 Å². The Morgan fingerprint density at radius 2 is 1.61 bits per heavy atom. The lowest BCUT2D eigenvalue weighted by Gasteiger charge is -2.21. The van der Waals surface area contributed by atoms with E-state index in [1.807, 2.05) is 18.2 Å². The van der Waals surface area contributed by atoms with Gasteiger partial charge in [-0.25, -0.2) is 14.1 Å². The standard InChI is InChI=1S/C25H21ClFN3O3/c26-18-8-6-17(7-9-18)14-15-29-22(16-23(31)28-20-4-2-1-3-5-20)24(32)30(25(29)33)21-12-10-19(27)11-13-21/h1-13,22H,14-16H2,(H,28,31)/t22-/m0/s1. The van der Waals surface area contributed by atoms with Crippen LogP contribution in [0.25, 0.3) is 0 Å². The minimum absolute atomic E-state index is 0.197. The van der Waals surface area contributed by atoms with Crippen molar-refractivity contribution in [1.82, 2.24) is 4.90 Å². The van der Waals surface area contributed by atoms with Gasteiger partial charge in [-0.05, 0) is 60.5 Å². The van der Waals surface area contributed by atoms with Gasteiger partial charge in [-0.2, -0.15) is 0 Å². The van der Waals surface area contributed by atoms with Gasteiger partial charge in [0, 0.05) is 17.3 Å². The molecule has 3 aromatic carbocycles. The average Bonchev–Trinajstić information content (AvgIpc) is 3.03. The molecule has 6 nitrogen and oxygen atoms in total. The van der Waals surface area contributed by atoms with Crippen molar-refractivity contribution >= 4 is 40.8 Å². The Labute approximate surface area is 195 Å². The number of hydrogen-bond donors (Lipinski definition) is 1. The number of benzene rings is 3. The molecular formula is C25H21ClFN3O3. The molecule has 168 valence electrons. The molecule has 3 aromatic rings. The van der Waals surface area contributed by atoms with E-state index >= 15 is 0 Å². The summed E-state index contributed by atoms with van der Waals surface area (Å²) in [6, 6.07) is 19.7. The second-order valence-corrected chi connectivity index (χ2v) is 8.07. The second kappa shape index (κ2) is 9.83. The Balaban J connectivity index is 1.55. The van der Waals surface area contributed by atoms with Crippen molar-refractivity contribution in [3.05, 3.63) is 95.3 Å². The van der Waals surface area contributed by atoms with E-state index in [2.05, 4.69) is 5.32 Å². The third-order valence-corrected chi connectivity index (χ3v) is 5.65. The van der Waals surface area contributed by atoms with Crippen molar-refractivity contribution in [2.45, 2.75) is 18.9 Å². The van der Waals surface area contributed by atoms with Crippen LogP contribution in [0.5, 0.6) is 0 Å². The van der Waals surface area contributed by atoms with Crippen LogP contribution in [0.4, 0.5) is 20.6 Å². The smallest absolute Gasteiger partial charge is 0.326 e. The molecule has 0 bridgehead atoms. The fourth-order valence-corrected chi connectivity index (χ4v) is 3.85. The highest BCUT2D eigenvalue weighted by Crippen LogP contribution is 2.28. The Morgan fingerprint density at radius 1 is 0.939 bits per heavy atom. The van der Waals surface area contributed by atoms with E-state index < -0.39 is 23.8 Å². The highest BCUT2D eigenvalue weighted by molar-refractivity contribution is 6.30. The summed E-state index contributed by atoms with van der Waals surface area (Å²) in [5.41, 5.74) is 1.80. The van der Waals surface area contributed by atoms with E-state index in [1.165, 1.54) is 29.2 Å². The molecule has 4 rings (SSSR count). The SMILES string of the molecule is O=C(C[C@H]1C(=O)N(c2ccc(F)cc2)C(=O)N1CCc1ccc(Cl)cc1)Nc1ccccc1. The van der Waals surface area contributed by atoms with Crippen molar-refractivity contribution in [3.63, 3.8) is 0 Å². The molecular weight excluding hydrogens is 445 g/mol. The molecule has 4 amide bonds. The molecule has 1 aliphatic rings. The summed E-state index contributed by atoms with van der Waals surface area (Å²) in [5.74, 6) is -1.38. The first-order chi connectivity index (χ1) is 15.9. The molecule has 0 aliphatic carbocycles. The first kappa shape index (κ1) is 22.5. The number of rotatable bonds is 7. The molecule has 1 N–H and O–H groups in total. The number of anilines is 2. The summed E-state index contributed by atoms with van der Waals surface area (Å²) in [6.45, 7) is 0.229. The molecule has 0 saturated carbocycles. The zero-order valence-electron chi connectivity index (χ0n) is 17.6. The van der Waals surface area contributed by atoms with E-state index in [0.717, 1.165) is 10.5 Å². The summed E-state index contributed by atoms with van der Waals surface area (Å²) >= 11 is 5.94. The van der Waals surface area contributed by atoms with Crippen LogP contribution in [0.2, 0.25) is 5.02 Å². The van der Waals surface area contributed by atoms with Crippen LogP contribution < -0.4 is 10.2 Å². The van der Waals surface area contributed by atoms with Crippen molar-refractivity contribution in [1.29, 1.82) is 0 Å². The summed E-state index contributed by atoms with van der Waals surface area (Å²) in [7, 11) is 0. The lowest BCUT2D eigenvalue weighted by molar-refractivity contribution is -0.124. The van der Waals surface area contributed by atoms with Gasteiger partial charge in [0.15, 0.2) is 0 Å². The number of para-hydroxylation sites is 1. The molecule has 1 saturated heterocycles. The minimum Gasteiger partial charge on any atom is -0.326 e. The molecule has 1 atom stereocenters. The van der Waals surface area contributed by atoms with E-state index in [-0.39, 0.29) is 24.6 Å². The molecule has 0 radical (unpaired) electrons. The van der Waals surface area contributed by atoms with E-state index in [0.29, 0.717) is 17.1 Å². The lowest BCUT2D eigenvalue weighted by atomic mass is 10.1. The predicted octanol–water partition coefficient (Wildman–Crippen LogP) is 4.89. The van der Waals surface area contributed by atoms with Crippen molar-refractivity contribution in [2.24, 2.45) is 0 Å². The fourth-order valence-electron chi connectivity index (χ4n) is 3.72.